The molecule has 0 N–H and O–H groups in total. The summed E-state index contributed by atoms with van der Waals surface area (Å²) in [5, 5.41) is 0. The molecule has 4 aliphatic carbocycles. The third-order valence-corrected chi connectivity index (χ3v) is 7.05. The molecule has 0 aromatic carbocycles. The van der Waals surface area contributed by atoms with Crippen LogP contribution in [0.3, 0.4) is 0 Å². The zero-order chi connectivity index (χ0) is 13.3. The van der Waals surface area contributed by atoms with Gasteiger partial charge in [0.25, 0.3) is 0 Å². The maximum absolute atomic E-state index is 11.6. The van der Waals surface area contributed by atoms with Crippen LogP contribution in [0.2, 0.25) is 0 Å². The smallest absolute Gasteiger partial charge is 0.137 e. The molecule has 4 aliphatic rings. The fraction of sp³-hybridized carbons (Fsp3) is 0.833. The summed E-state index contributed by atoms with van der Waals surface area (Å²) >= 11 is 0. The van der Waals surface area contributed by atoms with Crippen LogP contribution in [-0.4, -0.2) is 5.78 Å². The first-order valence-electron chi connectivity index (χ1n) is 8.23. The Kier molecular flexibility index (Phi) is 2.40. The third-order valence-electron chi connectivity index (χ3n) is 7.05. The average Bonchev–Trinajstić information content (AvgIpc) is 2.89. The maximum atomic E-state index is 11.6. The first-order valence-corrected chi connectivity index (χ1v) is 8.23. The molecular formula is C18H26O. The second kappa shape index (κ2) is 3.74. The van der Waals surface area contributed by atoms with Gasteiger partial charge in [0.2, 0.25) is 0 Å². The summed E-state index contributed by atoms with van der Waals surface area (Å²) in [6.07, 6.45) is 11.2. The van der Waals surface area contributed by atoms with Gasteiger partial charge in [-0.25, -0.2) is 0 Å². The average molecular weight is 258 g/mol. The molecule has 1 spiro atoms. The highest BCUT2D eigenvalue weighted by Gasteiger charge is 2.63. The van der Waals surface area contributed by atoms with Crippen LogP contribution in [0.5, 0.6) is 0 Å². The number of hydrogen-bond acceptors (Lipinski definition) is 1. The van der Waals surface area contributed by atoms with Gasteiger partial charge in [-0.05, 0) is 67.6 Å². The van der Waals surface area contributed by atoms with Gasteiger partial charge < -0.3 is 0 Å². The Morgan fingerprint density at radius 2 is 1.89 bits per heavy atom. The third kappa shape index (κ3) is 1.69. The zero-order valence-corrected chi connectivity index (χ0v) is 12.4. The highest BCUT2D eigenvalue weighted by atomic mass is 16.1. The number of hydrogen-bond donors (Lipinski definition) is 0. The number of carbonyl (C=O) groups is 1. The predicted molar refractivity (Wildman–Crippen MR) is 76.8 cm³/mol. The number of ketones is 1. The summed E-state index contributed by atoms with van der Waals surface area (Å²) < 4.78 is 0. The fourth-order valence-electron chi connectivity index (χ4n) is 5.70. The van der Waals surface area contributed by atoms with E-state index in [0.29, 0.717) is 16.6 Å². The summed E-state index contributed by atoms with van der Waals surface area (Å²) in [4.78, 5) is 11.6. The van der Waals surface area contributed by atoms with Gasteiger partial charge in [-0.2, -0.15) is 0 Å². The lowest BCUT2D eigenvalue weighted by Gasteiger charge is -2.44. The van der Waals surface area contributed by atoms with Crippen molar-refractivity contribution in [2.24, 2.45) is 22.7 Å². The van der Waals surface area contributed by atoms with E-state index in [1.165, 1.54) is 38.5 Å². The summed E-state index contributed by atoms with van der Waals surface area (Å²) in [6, 6.07) is 0. The second-order valence-corrected chi connectivity index (χ2v) is 8.33. The van der Waals surface area contributed by atoms with Crippen molar-refractivity contribution >= 4 is 5.78 Å². The minimum absolute atomic E-state index is 0.493. The zero-order valence-electron chi connectivity index (χ0n) is 12.4. The van der Waals surface area contributed by atoms with Crippen molar-refractivity contribution in [3.8, 4) is 0 Å². The molecule has 0 heterocycles. The van der Waals surface area contributed by atoms with Crippen LogP contribution in [0.15, 0.2) is 11.1 Å². The molecule has 0 aromatic heterocycles. The van der Waals surface area contributed by atoms with Crippen molar-refractivity contribution in [1.29, 1.82) is 0 Å². The summed E-state index contributed by atoms with van der Waals surface area (Å²) in [5.41, 5.74) is 4.62. The molecule has 4 rings (SSSR count). The Morgan fingerprint density at radius 3 is 2.63 bits per heavy atom. The fourth-order valence-corrected chi connectivity index (χ4v) is 5.70. The van der Waals surface area contributed by atoms with Crippen molar-refractivity contribution in [2.45, 2.75) is 71.6 Å². The van der Waals surface area contributed by atoms with Crippen LogP contribution in [0.25, 0.3) is 0 Å². The van der Waals surface area contributed by atoms with Crippen molar-refractivity contribution in [3.05, 3.63) is 11.1 Å². The summed E-state index contributed by atoms with van der Waals surface area (Å²) in [6.45, 7) is 4.94. The summed E-state index contributed by atoms with van der Waals surface area (Å²) in [5.74, 6) is 2.30. The molecule has 104 valence electrons. The molecule has 2 fully saturated rings. The van der Waals surface area contributed by atoms with Gasteiger partial charge in [0.15, 0.2) is 0 Å². The Bertz CT molecular complexity index is 470. The van der Waals surface area contributed by atoms with E-state index >= 15 is 0 Å². The molecule has 0 amide bonds. The Morgan fingerprint density at radius 1 is 1.11 bits per heavy atom. The topological polar surface area (TPSA) is 17.1 Å². The number of carbonyl (C=O) groups excluding carboxylic acids is 1. The minimum Gasteiger partial charge on any atom is -0.299 e. The lowest BCUT2D eigenvalue weighted by Crippen LogP contribution is -2.34. The lowest BCUT2D eigenvalue weighted by molar-refractivity contribution is -0.119. The van der Waals surface area contributed by atoms with Gasteiger partial charge in [0, 0.05) is 12.8 Å². The molecule has 1 nitrogen and oxygen atoms in total. The molecule has 3 unspecified atom stereocenters. The molecule has 0 aliphatic heterocycles. The van der Waals surface area contributed by atoms with Crippen molar-refractivity contribution < 1.29 is 4.79 Å². The van der Waals surface area contributed by atoms with Crippen molar-refractivity contribution in [2.75, 3.05) is 0 Å². The quantitative estimate of drug-likeness (QED) is 0.577. The molecule has 19 heavy (non-hydrogen) atoms. The lowest BCUT2D eigenvalue weighted by atomic mass is 9.60. The van der Waals surface area contributed by atoms with E-state index in [0.717, 1.165) is 31.1 Å². The van der Waals surface area contributed by atoms with Crippen molar-refractivity contribution in [1.82, 2.24) is 0 Å². The van der Waals surface area contributed by atoms with E-state index < -0.39 is 0 Å². The maximum Gasteiger partial charge on any atom is 0.137 e. The monoisotopic (exact) mass is 258 g/mol. The first kappa shape index (κ1) is 12.2. The van der Waals surface area contributed by atoms with Crippen LogP contribution >= 0.6 is 0 Å². The van der Waals surface area contributed by atoms with Crippen LogP contribution in [-0.2, 0) is 4.79 Å². The normalized spacial score (nSPS) is 44.0. The molecule has 0 radical (unpaired) electrons. The van der Waals surface area contributed by atoms with Crippen molar-refractivity contribution in [3.63, 3.8) is 0 Å². The highest BCUT2D eigenvalue weighted by molar-refractivity contribution is 5.82. The summed E-state index contributed by atoms with van der Waals surface area (Å²) in [7, 11) is 0. The molecule has 0 aromatic rings. The SMILES string of the molecule is CC1(C)CC12CCC1C3=C(CCC1C2)CC(=O)CC3. The van der Waals surface area contributed by atoms with Gasteiger partial charge >= 0.3 is 0 Å². The predicted octanol–water partition coefficient (Wildman–Crippen LogP) is 4.66. The number of allylic oxidation sites excluding steroid dienone is 2. The van der Waals surface area contributed by atoms with E-state index in [1.807, 2.05) is 0 Å². The molecule has 1 heteroatoms. The van der Waals surface area contributed by atoms with Gasteiger partial charge in [-0.1, -0.05) is 25.0 Å². The number of rotatable bonds is 0. The Balaban J connectivity index is 1.57. The van der Waals surface area contributed by atoms with Gasteiger partial charge in [-0.3, -0.25) is 4.79 Å². The molecule has 0 bridgehead atoms. The van der Waals surface area contributed by atoms with E-state index in [1.54, 1.807) is 11.1 Å². The van der Waals surface area contributed by atoms with Crippen LogP contribution < -0.4 is 0 Å². The van der Waals surface area contributed by atoms with E-state index in [2.05, 4.69) is 13.8 Å². The van der Waals surface area contributed by atoms with Crippen LogP contribution in [0.4, 0.5) is 0 Å². The minimum atomic E-state index is 0.493. The van der Waals surface area contributed by atoms with E-state index in [4.69, 9.17) is 0 Å². The van der Waals surface area contributed by atoms with Crippen LogP contribution in [0.1, 0.15) is 71.6 Å². The molecular weight excluding hydrogens is 232 g/mol. The largest absolute Gasteiger partial charge is 0.299 e. The number of Topliss-reactive ketones (excluding diaryl/α,β-unsaturated/α-hetero) is 1. The molecule has 3 atom stereocenters. The molecule has 0 saturated heterocycles. The van der Waals surface area contributed by atoms with Crippen LogP contribution in [0, 0.1) is 22.7 Å². The first-order chi connectivity index (χ1) is 9.01. The number of fused-ring (bicyclic) bond motifs is 2. The Hall–Kier alpha value is -0.590. The Labute approximate surface area is 116 Å². The van der Waals surface area contributed by atoms with Gasteiger partial charge in [0.05, 0.1) is 0 Å². The highest BCUT2D eigenvalue weighted by Crippen LogP contribution is 2.72. The van der Waals surface area contributed by atoms with Gasteiger partial charge in [-0.15, -0.1) is 0 Å². The molecule has 2 saturated carbocycles. The van der Waals surface area contributed by atoms with Gasteiger partial charge in [0.1, 0.15) is 5.78 Å². The van der Waals surface area contributed by atoms with E-state index in [-0.39, 0.29) is 0 Å². The standard InChI is InChI=1S/C18H26O/c1-17(2)11-18(17)8-7-16-13(10-18)4-3-12-9-14(19)5-6-15(12)16/h13,16H,3-11H2,1-2H3. The second-order valence-electron chi connectivity index (χ2n) is 8.33. The van der Waals surface area contributed by atoms with E-state index in [9.17, 15) is 4.79 Å².